The van der Waals surface area contributed by atoms with Crippen molar-refractivity contribution in [2.45, 2.75) is 49.6 Å². The van der Waals surface area contributed by atoms with Gasteiger partial charge in [-0.2, -0.15) is 0 Å². The molecular weight excluding hydrogens is 274 g/mol. The second-order valence-corrected chi connectivity index (χ2v) is 4.95. The molecule has 4 N–H and O–H groups in total. The van der Waals surface area contributed by atoms with E-state index >= 15 is 0 Å². The predicted octanol–water partition coefficient (Wildman–Crippen LogP) is -4.16. The van der Waals surface area contributed by atoms with Gasteiger partial charge in [0.25, 0.3) is 0 Å². The van der Waals surface area contributed by atoms with E-state index in [2.05, 4.69) is 5.32 Å². The van der Waals surface area contributed by atoms with Crippen LogP contribution in [0.25, 0.3) is 0 Å². The molecular formula is C11H16NO8-. The summed E-state index contributed by atoms with van der Waals surface area (Å²) in [6, 6.07) is -0.950. The van der Waals surface area contributed by atoms with E-state index in [1.165, 1.54) is 6.92 Å². The second kappa shape index (κ2) is 5.26. The van der Waals surface area contributed by atoms with Crippen LogP contribution >= 0.6 is 0 Å². The molecule has 0 aromatic heterocycles. The third kappa shape index (κ3) is 2.38. The van der Waals surface area contributed by atoms with E-state index in [0.29, 0.717) is 0 Å². The Bertz CT molecular complexity index is 415. The largest absolute Gasteiger partial charge is 0.544 e. The highest BCUT2D eigenvalue weighted by molar-refractivity contribution is 5.75. The molecule has 0 saturated carbocycles. The summed E-state index contributed by atoms with van der Waals surface area (Å²) in [6.07, 6.45) is -5.42. The lowest BCUT2D eigenvalue weighted by atomic mass is 9.92. The standard InChI is InChI=1S/C11H17NO8/c1-4(14)12-7-5(15)2-11(10(17)18)19-8(6(16)3-13)9(7)20-11/h5-9,13,15-16H,2-3H2,1H3,(H,12,14)(H,17,18)/p-1/t5-,6+,7+,8+,9+,11+/m0/s1. The number of rotatable bonds is 4. The van der Waals surface area contributed by atoms with Gasteiger partial charge in [-0.05, 0) is 0 Å². The van der Waals surface area contributed by atoms with E-state index in [1.54, 1.807) is 0 Å². The molecule has 2 aliphatic rings. The van der Waals surface area contributed by atoms with Gasteiger partial charge in [0.1, 0.15) is 24.3 Å². The Hall–Kier alpha value is -1.26. The molecule has 0 unspecified atom stereocenters. The highest BCUT2D eigenvalue weighted by Crippen LogP contribution is 2.41. The molecule has 0 spiro atoms. The van der Waals surface area contributed by atoms with Gasteiger partial charge in [0, 0.05) is 13.3 Å². The normalized spacial score (nSPS) is 41.2. The van der Waals surface area contributed by atoms with Crippen LogP contribution in [0.2, 0.25) is 0 Å². The number of nitrogens with one attached hydrogen (secondary N) is 1. The number of carboxylic acids is 1. The Labute approximate surface area is 114 Å². The number of aliphatic carboxylic acids is 1. The summed E-state index contributed by atoms with van der Waals surface area (Å²) in [4.78, 5) is 22.3. The Morgan fingerprint density at radius 1 is 1.50 bits per heavy atom. The van der Waals surface area contributed by atoms with Crippen molar-refractivity contribution in [2.75, 3.05) is 6.61 Å². The van der Waals surface area contributed by atoms with E-state index in [9.17, 15) is 24.9 Å². The van der Waals surface area contributed by atoms with Crippen molar-refractivity contribution in [2.24, 2.45) is 0 Å². The van der Waals surface area contributed by atoms with E-state index in [4.69, 9.17) is 14.6 Å². The number of hydrogen-bond acceptors (Lipinski definition) is 8. The lowest BCUT2D eigenvalue weighted by molar-refractivity contribution is -0.354. The number of aliphatic hydroxyl groups is 3. The molecule has 0 aliphatic carbocycles. The lowest BCUT2D eigenvalue weighted by Crippen LogP contribution is -2.62. The topological polar surface area (TPSA) is 148 Å². The van der Waals surface area contributed by atoms with Gasteiger partial charge in [0.2, 0.25) is 11.7 Å². The fourth-order valence-electron chi connectivity index (χ4n) is 2.59. The second-order valence-electron chi connectivity index (χ2n) is 4.95. The Morgan fingerprint density at radius 3 is 2.65 bits per heavy atom. The number of amides is 1. The van der Waals surface area contributed by atoms with E-state index in [0.717, 1.165) is 0 Å². The minimum Gasteiger partial charge on any atom is -0.544 e. The summed E-state index contributed by atoms with van der Waals surface area (Å²) in [5.74, 6) is -4.32. The average molecular weight is 290 g/mol. The first-order valence-electron chi connectivity index (χ1n) is 6.12. The molecule has 2 heterocycles. The molecule has 2 bridgehead atoms. The molecule has 0 aromatic rings. The first-order valence-corrected chi connectivity index (χ1v) is 6.12. The SMILES string of the molecule is CC(=O)N[C@H]1[C@H]2O[C@@](C(=O)[O-])(C[C@@H]1O)O[C@@H]2[C@H](O)CO. The van der Waals surface area contributed by atoms with Crippen LogP contribution in [-0.2, 0) is 19.1 Å². The first-order chi connectivity index (χ1) is 9.30. The molecule has 20 heavy (non-hydrogen) atoms. The molecule has 0 aromatic carbocycles. The third-order valence-electron chi connectivity index (χ3n) is 3.47. The predicted molar refractivity (Wildman–Crippen MR) is 58.8 cm³/mol. The summed E-state index contributed by atoms with van der Waals surface area (Å²) in [5, 5.41) is 42.2. The van der Waals surface area contributed by atoms with Gasteiger partial charge in [0.05, 0.1) is 18.8 Å². The average Bonchev–Trinajstić information content (AvgIpc) is 2.70. The molecule has 9 nitrogen and oxygen atoms in total. The molecule has 2 saturated heterocycles. The van der Waals surface area contributed by atoms with Gasteiger partial charge in [-0.15, -0.1) is 0 Å². The van der Waals surface area contributed by atoms with Crippen LogP contribution in [-0.4, -0.2) is 70.0 Å². The number of aliphatic hydroxyl groups excluding tert-OH is 3. The fraction of sp³-hybridized carbons (Fsp3) is 0.818. The monoisotopic (exact) mass is 290 g/mol. The number of carbonyl (C=O) groups excluding carboxylic acids is 2. The number of carboxylic acid groups (broad SMARTS) is 1. The summed E-state index contributed by atoms with van der Waals surface area (Å²) in [5.41, 5.74) is 0. The zero-order chi connectivity index (χ0) is 15.1. The zero-order valence-electron chi connectivity index (χ0n) is 10.7. The summed E-state index contributed by atoms with van der Waals surface area (Å²) < 4.78 is 10.4. The van der Waals surface area contributed by atoms with Gasteiger partial charge < -0.3 is 40.0 Å². The van der Waals surface area contributed by atoms with Gasteiger partial charge in [-0.3, -0.25) is 4.79 Å². The zero-order valence-corrected chi connectivity index (χ0v) is 10.7. The molecule has 2 fully saturated rings. The molecule has 1 amide bonds. The molecule has 6 atom stereocenters. The van der Waals surface area contributed by atoms with Crippen LogP contribution in [0.15, 0.2) is 0 Å². The summed E-state index contributed by atoms with van der Waals surface area (Å²) >= 11 is 0. The Balaban J connectivity index is 2.30. The highest BCUT2D eigenvalue weighted by atomic mass is 16.8. The summed E-state index contributed by atoms with van der Waals surface area (Å²) in [6.45, 7) is 0.539. The smallest absolute Gasteiger partial charge is 0.217 e. The summed E-state index contributed by atoms with van der Waals surface area (Å²) in [7, 11) is 0. The first kappa shape index (κ1) is 15.1. The number of fused-ring (bicyclic) bond motifs is 2. The van der Waals surface area contributed by atoms with Gasteiger partial charge in [-0.1, -0.05) is 0 Å². The van der Waals surface area contributed by atoms with Crippen LogP contribution in [0.3, 0.4) is 0 Å². The van der Waals surface area contributed by atoms with Crippen LogP contribution < -0.4 is 10.4 Å². The van der Waals surface area contributed by atoms with Crippen molar-refractivity contribution in [3.63, 3.8) is 0 Å². The maximum absolute atomic E-state index is 11.2. The van der Waals surface area contributed by atoms with Crippen molar-refractivity contribution in [1.82, 2.24) is 5.32 Å². The molecule has 9 heteroatoms. The number of hydrogen-bond donors (Lipinski definition) is 4. The van der Waals surface area contributed by atoms with Crippen molar-refractivity contribution in [1.29, 1.82) is 0 Å². The van der Waals surface area contributed by atoms with E-state index in [-0.39, 0.29) is 0 Å². The minimum atomic E-state index is -2.18. The quantitative estimate of drug-likeness (QED) is 0.407. The maximum Gasteiger partial charge on any atom is 0.217 e. The third-order valence-corrected chi connectivity index (χ3v) is 3.47. The lowest BCUT2D eigenvalue weighted by Gasteiger charge is -2.39. The van der Waals surface area contributed by atoms with E-state index < -0.39 is 61.1 Å². The van der Waals surface area contributed by atoms with Crippen LogP contribution in [0.1, 0.15) is 13.3 Å². The Kier molecular flexibility index (Phi) is 3.98. The van der Waals surface area contributed by atoms with Crippen LogP contribution in [0, 0.1) is 0 Å². The maximum atomic E-state index is 11.2. The van der Waals surface area contributed by atoms with Crippen molar-refractivity contribution >= 4 is 11.9 Å². The molecule has 114 valence electrons. The number of carbonyl (C=O) groups is 2. The molecule has 0 radical (unpaired) electrons. The minimum absolute atomic E-state index is 0.453. The number of ether oxygens (including phenoxy) is 2. The van der Waals surface area contributed by atoms with Gasteiger partial charge in [-0.25, -0.2) is 0 Å². The molecule has 2 rings (SSSR count). The van der Waals surface area contributed by atoms with Gasteiger partial charge >= 0.3 is 0 Å². The van der Waals surface area contributed by atoms with Crippen LogP contribution in [0.5, 0.6) is 0 Å². The fourth-order valence-corrected chi connectivity index (χ4v) is 2.59. The Morgan fingerprint density at radius 2 is 2.15 bits per heavy atom. The van der Waals surface area contributed by atoms with Crippen molar-refractivity contribution in [3.8, 4) is 0 Å². The van der Waals surface area contributed by atoms with Crippen molar-refractivity contribution < 1.29 is 39.5 Å². The highest BCUT2D eigenvalue weighted by Gasteiger charge is 2.60. The van der Waals surface area contributed by atoms with Crippen molar-refractivity contribution in [3.05, 3.63) is 0 Å². The van der Waals surface area contributed by atoms with Crippen LogP contribution in [0.4, 0.5) is 0 Å². The van der Waals surface area contributed by atoms with E-state index in [1.807, 2.05) is 0 Å². The molecule has 2 aliphatic heterocycles. The van der Waals surface area contributed by atoms with Gasteiger partial charge in [0.15, 0.2) is 0 Å².